The molecule has 1 aromatic heterocycles. The van der Waals surface area contributed by atoms with Gasteiger partial charge in [-0.1, -0.05) is 15.9 Å². The Hall–Kier alpha value is -0.680. The number of hydrogen-bond acceptors (Lipinski definition) is 4. The molecule has 0 aliphatic carbocycles. The fraction of sp³-hybridized carbons (Fsp3) is 0.667. The quantitative estimate of drug-likeness (QED) is 0.801. The predicted octanol–water partition coefficient (Wildman–Crippen LogP) is 2.36. The number of alkyl halides is 1. The lowest BCUT2D eigenvalue weighted by Crippen LogP contribution is -2.36. The SMILES string of the molecule is COc1cc(CC(Br)C2(C)CCCO2)ncn1. The van der Waals surface area contributed by atoms with Gasteiger partial charge in [-0.3, -0.25) is 0 Å². The first-order chi connectivity index (χ1) is 8.14. The Bertz CT molecular complexity index is 381. The number of nitrogens with zero attached hydrogens (tertiary/aromatic N) is 2. The molecular weight excluding hydrogens is 284 g/mol. The van der Waals surface area contributed by atoms with Crippen molar-refractivity contribution < 1.29 is 9.47 Å². The molecule has 0 N–H and O–H groups in total. The third-order valence-electron chi connectivity index (χ3n) is 3.21. The van der Waals surface area contributed by atoms with Crippen LogP contribution in [0.15, 0.2) is 12.4 Å². The fourth-order valence-corrected chi connectivity index (χ4v) is 2.74. The Kier molecular flexibility index (Phi) is 3.99. The maximum atomic E-state index is 5.81. The van der Waals surface area contributed by atoms with E-state index in [1.165, 1.54) is 6.33 Å². The van der Waals surface area contributed by atoms with Crippen LogP contribution in [0, 0.1) is 0 Å². The summed E-state index contributed by atoms with van der Waals surface area (Å²) in [6, 6.07) is 1.87. The second-order valence-corrected chi connectivity index (χ2v) is 5.59. The third-order valence-corrected chi connectivity index (χ3v) is 4.50. The summed E-state index contributed by atoms with van der Waals surface area (Å²) in [5.41, 5.74) is 0.883. The van der Waals surface area contributed by atoms with Crippen LogP contribution in [0.4, 0.5) is 0 Å². The monoisotopic (exact) mass is 300 g/mol. The lowest BCUT2D eigenvalue weighted by molar-refractivity contribution is 0.0200. The molecular formula is C12H17BrN2O2. The highest BCUT2D eigenvalue weighted by Gasteiger charge is 2.37. The highest BCUT2D eigenvalue weighted by atomic mass is 79.9. The standard InChI is InChI=1S/C12H17BrN2O2/c1-12(4-3-5-17-12)10(13)6-9-7-11(16-2)15-8-14-9/h7-8,10H,3-6H2,1-2H3. The average Bonchev–Trinajstić information content (AvgIpc) is 2.78. The van der Waals surface area contributed by atoms with Crippen molar-refractivity contribution in [2.75, 3.05) is 13.7 Å². The van der Waals surface area contributed by atoms with E-state index in [-0.39, 0.29) is 10.4 Å². The molecule has 2 unspecified atom stereocenters. The van der Waals surface area contributed by atoms with Gasteiger partial charge >= 0.3 is 0 Å². The summed E-state index contributed by atoms with van der Waals surface area (Å²) in [6.07, 6.45) is 4.57. The zero-order valence-electron chi connectivity index (χ0n) is 10.1. The summed E-state index contributed by atoms with van der Waals surface area (Å²) in [7, 11) is 1.61. The molecule has 0 aromatic carbocycles. The molecule has 2 atom stereocenters. The zero-order chi connectivity index (χ0) is 12.3. The van der Waals surface area contributed by atoms with E-state index in [0.29, 0.717) is 5.88 Å². The summed E-state index contributed by atoms with van der Waals surface area (Å²) in [6.45, 7) is 3.00. The first-order valence-electron chi connectivity index (χ1n) is 5.77. The van der Waals surface area contributed by atoms with E-state index in [1.807, 2.05) is 6.07 Å². The second kappa shape index (κ2) is 5.31. The molecule has 1 aliphatic rings. The van der Waals surface area contributed by atoms with E-state index in [9.17, 15) is 0 Å². The van der Waals surface area contributed by atoms with E-state index in [4.69, 9.17) is 9.47 Å². The van der Waals surface area contributed by atoms with Crippen molar-refractivity contribution in [2.24, 2.45) is 0 Å². The van der Waals surface area contributed by atoms with Crippen LogP contribution < -0.4 is 4.74 Å². The predicted molar refractivity (Wildman–Crippen MR) is 68.6 cm³/mol. The maximum absolute atomic E-state index is 5.81. The van der Waals surface area contributed by atoms with E-state index in [1.54, 1.807) is 7.11 Å². The number of halogens is 1. The van der Waals surface area contributed by atoms with E-state index >= 15 is 0 Å². The molecule has 0 spiro atoms. The van der Waals surface area contributed by atoms with Gasteiger partial charge in [-0.15, -0.1) is 0 Å². The Morgan fingerprint density at radius 3 is 3.06 bits per heavy atom. The second-order valence-electron chi connectivity index (χ2n) is 4.49. The minimum Gasteiger partial charge on any atom is -0.481 e. The Morgan fingerprint density at radius 2 is 2.41 bits per heavy atom. The zero-order valence-corrected chi connectivity index (χ0v) is 11.7. The first-order valence-corrected chi connectivity index (χ1v) is 6.68. The van der Waals surface area contributed by atoms with Crippen LogP contribution in [0.2, 0.25) is 0 Å². The van der Waals surface area contributed by atoms with Gasteiger partial charge in [0.1, 0.15) is 6.33 Å². The number of rotatable bonds is 4. The van der Waals surface area contributed by atoms with E-state index in [2.05, 4.69) is 32.8 Å². The van der Waals surface area contributed by atoms with Crippen LogP contribution in [0.25, 0.3) is 0 Å². The van der Waals surface area contributed by atoms with Crippen LogP contribution >= 0.6 is 15.9 Å². The third kappa shape index (κ3) is 2.96. The Labute approximate surface area is 110 Å². The number of methoxy groups -OCH3 is 1. The first kappa shape index (κ1) is 12.8. The van der Waals surface area contributed by atoms with Crippen molar-refractivity contribution >= 4 is 15.9 Å². The summed E-state index contributed by atoms with van der Waals surface area (Å²) in [4.78, 5) is 8.51. The average molecular weight is 301 g/mol. The smallest absolute Gasteiger partial charge is 0.216 e. The molecule has 94 valence electrons. The molecule has 1 fully saturated rings. The minimum atomic E-state index is -0.0851. The lowest BCUT2D eigenvalue weighted by Gasteiger charge is -2.28. The normalized spacial score (nSPS) is 25.8. The number of hydrogen-bond donors (Lipinski definition) is 0. The van der Waals surface area contributed by atoms with Crippen molar-refractivity contribution in [3.63, 3.8) is 0 Å². The van der Waals surface area contributed by atoms with Crippen LogP contribution in [0.5, 0.6) is 5.88 Å². The molecule has 1 aliphatic heterocycles. The topological polar surface area (TPSA) is 44.2 Å². The minimum absolute atomic E-state index is 0.0851. The van der Waals surface area contributed by atoms with Gasteiger partial charge in [0.15, 0.2) is 0 Å². The van der Waals surface area contributed by atoms with E-state index in [0.717, 1.165) is 31.6 Å². The Balaban J connectivity index is 2.04. The number of ether oxygens (including phenoxy) is 2. The largest absolute Gasteiger partial charge is 0.481 e. The van der Waals surface area contributed by atoms with Gasteiger partial charge in [0.05, 0.1) is 12.7 Å². The van der Waals surface area contributed by atoms with Crippen LogP contribution in [0.1, 0.15) is 25.5 Å². The molecule has 0 saturated carbocycles. The van der Waals surface area contributed by atoms with Crippen molar-refractivity contribution in [2.45, 2.75) is 36.6 Å². The van der Waals surface area contributed by atoms with Gasteiger partial charge in [0.2, 0.25) is 5.88 Å². The van der Waals surface area contributed by atoms with Crippen LogP contribution in [-0.2, 0) is 11.2 Å². The van der Waals surface area contributed by atoms with Gasteiger partial charge in [0, 0.05) is 29.6 Å². The van der Waals surface area contributed by atoms with E-state index < -0.39 is 0 Å². The van der Waals surface area contributed by atoms with Gasteiger partial charge < -0.3 is 9.47 Å². The summed E-state index contributed by atoms with van der Waals surface area (Å²) in [5.74, 6) is 0.604. The van der Waals surface area contributed by atoms with Crippen molar-refractivity contribution in [3.05, 3.63) is 18.1 Å². The Morgan fingerprint density at radius 1 is 1.59 bits per heavy atom. The van der Waals surface area contributed by atoms with Gasteiger partial charge in [-0.05, 0) is 19.8 Å². The molecule has 1 aromatic rings. The molecule has 0 amide bonds. The molecule has 17 heavy (non-hydrogen) atoms. The van der Waals surface area contributed by atoms with Crippen LogP contribution in [-0.4, -0.2) is 34.1 Å². The summed E-state index contributed by atoms with van der Waals surface area (Å²) >= 11 is 3.72. The molecule has 5 heteroatoms. The highest BCUT2D eigenvalue weighted by Crippen LogP contribution is 2.34. The van der Waals surface area contributed by atoms with Crippen molar-refractivity contribution in [3.8, 4) is 5.88 Å². The van der Waals surface area contributed by atoms with Crippen molar-refractivity contribution in [1.82, 2.24) is 9.97 Å². The molecule has 0 bridgehead atoms. The number of aromatic nitrogens is 2. The molecule has 1 saturated heterocycles. The van der Waals surface area contributed by atoms with Crippen molar-refractivity contribution in [1.29, 1.82) is 0 Å². The highest BCUT2D eigenvalue weighted by molar-refractivity contribution is 9.09. The van der Waals surface area contributed by atoms with Crippen LogP contribution in [0.3, 0.4) is 0 Å². The van der Waals surface area contributed by atoms with Gasteiger partial charge in [-0.2, -0.15) is 0 Å². The summed E-state index contributed by atoms with van der Waals surface area (Å²) in [5, 5.41) is 0. The maximum Gasteiger partial charge on any atom is 0.216 e. The van der Waals surface area contributed by atoms with Gasteiger partial charge in [0.25, 0.3) is 0 Å². The molecule has 2 rings (SSSR count). The molecule has 4 nitrogen and oxygen atoms in total. The lowest BCUT2D eigenvalue weighted by atomic mass is 9.95. The summed E-state index contributed by atoms with van der Waals surface area (Å²) < 4.78 is 10.9. The van der Waals surface area contributed by atoms with Gasteiger partial charge in [-0.25, -0.2) is 9.97 Å². The molecule has 2 heterocycles. The fourth-order valence-electron chi connectivity index (χ4n) is 2.05. The molecule has 0 radical (unpaired) electrons.